The van der Waals surface area contributed by atoms with E-state index in [2.05, 4.69) is 10.2 Å². The zero-order valence-electron chi connectivity index (χ0n) is 13.1. The second-order valence-electron chi connectivity index (χ2n) is 4.94. The Morgan fingerprint density at radius 1 is 1.25 bits per heavy atom. The second-order valence-corrected chi connectivity index (χ2v) is 6.12. The van der Waals surface area contributed by atoms with Gasteiger partial charge in [-0.1, -0.05) is 41.7 Å². The summed E-state index contributed by atoms with van der Waals surface area (Å²) in [5, 5.41) is 16.2. The highest BCUT2D eigenvalue weighted by atomic mass is 32.1. The summed E-state index contributed by atoms with van der Waals surface area (Å²) in [7, 11) is 0. The van der Waals surface area contributed by atoms with Gasteiger partial charge >= 0.3 is 5.97 Å². The van der Waals surface area contributed by atoms with E-state index in [4.69, 9.17) is 10.1 Å². The first kappa shape index (κ1) is 16.0. The van der Waals surface area contributed by atoms with E-state index in [9.17, 15) is 9.59 Å². The molecule has 0 saturated carbocycles. The Balaban J connectivity index is 2.21. The van der Waals surface area contributed by atoms with Crippen LogP contribution in [0.15, 0.2) is 30.3 Å². The van der Waals surface area contributed by atoms with E-state index in [1.165, 1.54) is 15.7 Å². The fourth-order valence-corrected chi connectivity index (χ4v) is 3.22. The quantitative estimate of drug-likeness (QED) is 0.577. The molecule has 7 nitrogen and oxygen atoms in total. The topological polar surface area (TPSA) is 97.4 Å². The molecule has 2 aromatic heterocycles. The van der Waals surface area contributed by atoms with Gasteiger partial charge in [-0.2, -0.15) is 0 Å². The first-order valence-corrected chi connectivity index (χ1v) is 8.06. The first-order chi connectivity index (χ1) is 11.5. The van der Waals surface area contributed by atoms with Gasteiger partial charge in [0.15, 0.2) is 11.2 Å². The number of aryl methyl sites for hydroxylation is 1. The maximum Gasteiger partial charge on any atom is 0.356 e. The molecule has 24 heavy (non-hydrogen) atoms. The van der Waals surface area contributed by atoms with Crippen molar-refractivity contribution < 1.29 is 14.3 Å². The molecule has 0 atom stereocenters. The standard InChI is InChI=1S/C16H14N4O3S/c1-3-23-15(22)12-9(2)24-16-19-18-11(14(17)20(12)16)13(21)10-7-5-4-6-8-10/h4-8,17H,3H2,1-2H3. The fraction of sp³-hybridized carbons (Fsp3) is 0.188. The number of ketones is 1. The van der Waals surface area contributed by atoms with E-state index in [0.717, 1.165) is 0 Å². The number of hydrogen-bond acceptors (Lipinski definition) is 7. The van der Waals surface area contributed by atoms with Gasteiger partial charge in [0.2, 0.25) is 10.7 Å². The molecule has 0 aliphatic heterocycles. The minimum atomic E-state index is -0.550. The van der Waals surface area contributed by atoms with Gasteiger partial charge in [0.25, 0.3) is 0 Å². The zero-order valence-corrected chi connectivity index (χ0v) is 13.9. The van der Waals surface area contributed by atoms with Crippen molar-refractivity contribution in [1.82, 2.24) is 14.6 Å². The minimum absolute atomic E-state index is 0.109. The predicted octanol–water partition coefficient (Wildman–Crippen LogP) is 1.99. The smallest absolute Gasteiger partial charge is 0.356 e. The number of thiazole rings is 1. The van der Waals surface area contributed by atoms with E-state index in [1.54, 1.807) is 44.2 Å². The Hall–Kier alpha value is -2.87. The summed E-state index contributed by atoms with van der Waals surface area (Å²) < 4.78 is 6.37. The summed E-state index contributed by atoms with van der Waals surface area (Å²) >= 11 is 1.22. The van der Waals surface area contributed by atoms with Gasteiger partial charge in [0.05, 0.1) is 6.61 Å². The number of ether oxygens (including phenoxy) is 1. The van der Waals surface area contributed by atoms with Gasteiger partial charge in [-0.3, -0.25) is 14.6 Å². The number of carbonyl (C=O) groups is 2. The van der Waals surface area contributed by atoms with Crippen molar-refractivity contribution in [2.75, 3.05) is 6.61 Å². The highest BCUT2D eigenvalue weighted by Gasteiger charge is 2.23. The highest BCUT2D eigenvalue weighted by Crippen LogP contribution is 2.20. The molecule has 122 valence electrons. The molecule has 0 bridgehead atoms. The monoisotopic (exact) mass is 342 g/mol. The lowest BCUT2D eigenvalue weighted by molar-refractivity contribution is 0.0516. The van der Waals surface area contributed by atoms with Crippen LogP contribution in [0.4, 0.5) is 0 Å². The summed E-state index contributed by atoms with van der Waals surface area (Å²) in [6, 6.07) is 8.54. The highest BCUT2D eigenvalue weighted by molar-refractivity contribution is 7.17. The summed E-state index contributed by atoms with van der Waals surface area (Å²) in [6.07, 6.45) is 0. The summed E-state index contributed by atoms with van der Waals surface area (Å²) in [6.45, 7) is 3.67. The molecule has 0 fully saturated rings. The Kier molecular flexibility index (Phi) is 4.22. The van der Waals surface area contributed by atoms with Crippen LogP contribution in [0.2, 0.25) is 0 Å². The number of rotatable bonds is 4. The maximum atomic E-state index is 12.6. The summed E-state index contributed by atoms with van der Waals surface area (Å²) in [5.41, 5.74) is 0.326. The second kappa shape index (κ2) is 6.32. The molecule has 0 amide bonds. The van der Waals surface area contributed by atoms with Crippen molar-refractivity contribution in [1.29, 1.82) is 5.41 Å². The van der Waals surface area contributed by atoms with E-state index < -0.39 is 11.8 Å². The zero-order chi connectivity index (χ0) is 17.3. The average molecular weight is 342 g/mol. The molecule has 0 radical (unpaired) electrons. The van der Waals surface area contributed by atoms with Crippen molar-refractivity contribution in [2.24, 2.45) is 0 Å². The number of esters is 1. The van der Waals surface area contributed by atoms with E-state index in [-0.39, 0.29) is 23.5 Å². The lowest BCUT2D eigenvalue weighted by Crippen LogP contribution is -2.28. The number of aromatic nitrogens is 3. The van der Waals surface area contributed by atoms with Crippen molar-refractivity contribution in [3.63, 3.8) is 0 Å². The van der Waals surface area contributed by atoms with E-state index >= 15 is 0 Å². The molecule has 3 aromatic rings. The number of nitrogens with zero attached hydrogens (tertiary/aromatic N) is 3. The molecule has 0 aliphatic rings. The average Bonchev–Trinajstić information content (AvgIpc) is 2.92. The molecule has 8 heteroatoms. The Morgan fingerprint density at radius 3 is 2.62 bits per heavy atom. The van der Waals surface area contributed by atoms with Crippen molar-refractivity contribution in [3.05, 3.63) is 57.6 Å². The third-order valence-electron chi connectivity index (χ3n) is 3.40. The summed E-state index contributed by atoms with van der Waals surface area (Å²) in [5.74, 6) is -0.966. The van der Waals surface area contributed by atoms with Crippen LogP contribution in [0.25, 0.3) is 4.96 Å². The van der Waals surface area contributed by atoms with Crippen LogP contribution in [0, 0.1) is 12.3 Å². The van der Waals surface area contributed by atoms with Crippen molar-refractivity contribution in [3.8, 4) is 0 Å². The molecule has 2 heterocycles. The van der Waals surface area contributed by atoms with Crippen LogP contribution in [0.5, 0.6) is 0 Å². The Morgan fingerprint density at radius 2 is 1.96 bits per heavy atom. The van der Waals surface area contributed by atoms with Crippen LogP contribution >= 0.6 is 11.3 Å². The number of carbonyl (C=O) groups excluding carboxylic acids is 2. The van der Waals surface area contributed by atoms with Crippen molar-refractivity contribution in [2.45, 2.75) is 13.8 Å². The molecule has 1 aromatic carbocycles. The van der Waals surface area contributed by atoms with E-state index in [0.29, 0.717) is 15.4 Å². The van der Waals surface area contributed by atoms with Gasteiger partial charge in [-0.25, -0.2) is 4.79 Å². The predicted molar refractivity (Wildman–Crippen MR) is 87.3 cm³/mol. The molecule has 0 unspecified atom stereocenters. The molecule has 0 saturated heterocycles. The molecular weight excluding hydrogens is 328 g/mol. The first-order valence-electron chi connectivity index (χ1n) is 7.25. The fourth-order valence-electron chi connectivity index (χ4n) is 2.32. The molecule has 0 spiro atoms. The number of benzene rings is 1. The van der Waals surface area contributed by atoms with Gasteiger partial charge in [0.1, 0.15) is 5.69 Å². The lowest BCUT2D eigenvalue weighted by Gasteiger charge is -2.05. The van der Waals surface area contributed by atoms with Gasteiger partial charge in [-0.05, 0) is 13.8 Å². The molecule has 3 rings (SSSR count). The van der Waals surface area contributed by atoms with Gasteiger partial charge in [-0.15, -0.1) is 10.2 Å². The van der Waals surface area contributed by atoms with Crippen LogP contribution < -0.4 is 5.49 Å². The van der Waals surface area contributed by atoms with Gasteiger partial charge in [0, 0.05) is 10.4 Å². The largest absolute Gasteiger partial charge is 0.461 e. The number of fused-ring (bicyclic) bond motifs is 1. The maximum absolute atomic E-state index is 12.6. The van der Waals surface area contributed by atoms with E-state index in [1.807, 2.05) is 0 Å². The minimum Gasteiger partial charge on any atom is -0.461 e. The third-order valence-corrected chi connectivity index (χ3v) is 4.34. The molecule has 1 N–H and O–H groups in total. The Labute approximate surface area is 141 Å². The third kappa shape index (κ3) is 2.61. The van der Waals surface area contributed by atoms with Crippen LogP contribution in [0.3, 0.4) is 0 Å². The lowest BCUT2D eigenvalue weighted by atomic mass is 10.1. The molecular formula is C16H14N4O3S. The van der Waals surface area contributed by atoms with Crippen LogP contribution in [-0.2, 0) is 4.74 Å². The van der Waals surface area contributed by atoms with Crippen LogP contribution in [0.1, 0.15) is 38.3 Å². The van der Waals surface area contributed by atoms with Gasteiger partial charge < -0.3 is 4.74 Å². The molecule has 0 aliphatic carbocycles. The SMILES string of the molecule is CCOC(=O)c1c(C)sc2nnc(C(=O)c3ccccc3)c(=N)n12. The number of nitrogens with one attached hydrogen (secondary N) is 1. The summed E-state index contributed by atoms with van der Waals surface area (Å²) in [4.78, 5) is 25.8. The van der Waals surface area contributed by atoms with Crippen molar-refractivity contribution >= 4 is 28.1 Å². The van der Waals surface area contributed by atoms with Crippen LogP contribution in [-0.4, -0.2) is 33.0 Å². The Bertz CT molecular complexity index is 992. The number of hydrogen-bond donors (Lipinski definition) is 1. The normalized spacial score (nSPS) is 10.8.